The molecule has 0 saturated heterocycles. The summed E-state index contributed by atoms with van der Waals surface area (Å²) in [7, 11) is 0. The van der Waals surface area contributed by atoms with Gasteiger partial charge in [0, 0.05) is 13.2 Å². The molecule has 0 radical (unpaired) electrons. The Kier molecular flexibility index (Phi) is 3.92. The Hall–Kier alpha value is -0.120. The molecule has 0 aromatic rings. The third-order valence-electron chi connectivity index (χ3n) is 4.94. The summed E-state index contributed by atoms with van der Waals surface area (Å²) in [6, 6.07) is 0. The first-order chi connectivity index (χ1) is 8.80. The van der Waals surface area contributed by atoms with E-state index in [0.717, 1.165) is 37.4 Å². The molecule has 0 aliphatic heterocycles. The van der Waals surface area contributed by atoms with Crippen LogP contribution in [0.2, 0.25) is 0 Å². The van der Waals surface area contributed by atoms with E-state index in [0.29, 0.717) is 6.61 Å². The largest absolute Gasteiger partial charge is 0.382 e. The summed E-state index contributed by atoms with van der Waals surface area (Å²) < 4.78 is 5.29. The van der Waals surface area contributed by atoms with Gasteiger partial charge in [-0.2, -0.15) is 0 Å². The van der Waals surface area contributed by atoms with Crippen molar-refractivity contribution in [1.82, 2.24) is 0 Å². The molecule has 104 valence electrons. The van der Waals surface area contributed by atoms with Gasteiger partial charge in [0.1, 0.15) is 5.60 Å². The molecule has 3 heteroatoms. The van der Waals surface area contributed by atoms with Crippen LogP contribution in [0.1, 0.15) is 51.9 Å². The third-order valence-corrected chi connectivity index (χ3v) is 4.94. The van der Waals surface area contributed by atoms with Crippen molar-refractivity contribution < 1.29 is 14.5 Å². The van der Waals surface area contributed by atoms with Crippen molar-refractivity contribution in [2.45, 2.75) is 57.5 Å². The average molecular weight is 254 g/mol. The maximum Gasteiger partial charge on any atom is 0.104 e. The van der Waals surface area contributed by atoms with E-state index in [1.807, 2.05) is 6.92 Å². The van der Waals surface area contributed by atoms with E-state index >= 15 is 0 Å². The van der Waals surface area contributed by atoms with Crippen molar-refractivity contribution in [1.29, 1.82) is 0 Å². The second kappa shape index (κ2) is 5.48. The molecule has 18 heavy (non-hydrogen) atoms. The summed E-state index contributed by atoms with van der Waals surface area (Å²) in [6.45, 7) is 4.26. The van der Waals surface area contributed by atoms with Crippen molar-refractivity contribution in [2.75, 3.05) is 19.8 Å². The highest BCUT2D eigenvalue weighted by molar-refractivity contribution is 5.02. The molecule has 0 atom stereocenters. The summed E-state index contributed by atoms with van der Waals surface area (Å²) in [4.78, 5) is 11.4. The average Bonchev–Trinajstić information content (AvgIpc) is 2.32. The van der Waals surface area contributed by atoms with Crippen LogP contribution in [0.25, 0.3) is 0 Å². The summed E-state index contributed by atoms with van der Waals surface area (Å²) in [5, 5.41) is 0. The van der Waals surface area contributed by atoms with Gasteiger partial charge in [0.15, 0.2) is 0 Å². The SMILES string of the molecule is CCOCCCOOC12CC3CC(CC(C3)C1)C2. The van der Waals surface area contributed by atoms with Gasteiger partial charge in [0.25, 0.3) is 0 Å². The van der Waals surface area contributed by atoms with E-state index in [-0.39, 0.29) is 5.60 Å². The smallest absolute Gasteiger partial charge is 0.104 e. The summed E-state index contributed by atoms with van der Waals surface area (Å²) in [5.74, 6) is 2.76. The van der Waals surface area contributed by atoms with Gasteiger partial charge < -0.3 is 4.74 Å². The van der Waals surface area contributed by atoms with E-state index in [1.54, 1.807) is 0 Å². The van der Waals surface area contributed by atoms with Crippen LogP contribution in [0.4, 0.5) is 0 Å². The lowest BCUT2D eigenvalue weighted by atomic mass is 9.54. The highest BCUT2D eigenvalue weighted by atomic mass is 17.2. The fraction of sp³-hybridized carbons (Fsp3) is 1.00. The van der Waals surface area contributed by atoms with Gasteiger partial charge in [-0.25, -0.2) is 9.78 Å². The molecule has 4 bridgehead atoms. The molecule has 4 rings (SSSR count). The van der Waals surface area contributed by atoms with Gasteiger partial charge >= 0.3 is 0 Å². The summed E-state index contributed by atoms with van der Waals surface area (Å²) in [5.41, 5.74) is 0.0837. The standard InChI is InChI=1S/C15H26O3/c1-2-16-4-3-5-17-18-15-9-12-6-13(10-15)8-14(7-12)11-15/h12-14H,2-11H2,1H3. The van der Waals surface area contributed by atoms with Crippen LogP contribution in [0.5, 0.6) is 0 Å². The van der Waals surface area contributed by atoms with Crippen LogP contribution in [0.15, 0.2) is 0 Å². The first-order valence-electron chi connectivity index (χ1n) is 7.68. The quantitative estimate of drug-likeness (QED) is 0.396. The van der Waals surface area contributed by atoms with E-state index in [9.17, 15) is 0 Å². The fourth-order valence-electron chi connectivity index (χ4n) is 4.66. The third kappa shape index (κ3) is 2.73. The minimum absolute atomic E-state index is 0.0837. The first kappa shape index (κ1) is 12.9. The number of hydrogen-bond acceptors (Lipinski definition) is 3. The van der Waals surface area contributed by atoms with Crippen LogP contribution >= 0.6 is 0 Å². The molecule has 0 spiro atoms. The van der Waals surface area contributed by atoms with Gasteiger partial charge in [-0.15, -0.1) is 0 Å². The molecule has 0 heterocycles. The molecule has 0 amide bonds. The van der Waals surface area contributed by atoms with E-state index < -0.39 is 0 Å². The lowest BCUT2D eigenvalue weighted by molar-refractivity contribution is -0.387. The summed E-state index contributed by atoms with van der Waals surface area (Å²) in [6.07, 6.45) is 9.01. The predicted molar refractivity (Wildman–Crippen MR) is 69.1 cm³/mol. The molecule has 4 fully saturated rings. The van der Waals surface area contributed by atoms with Crippen LogP contribution < -0.4 is 0 Å². The Morgan fingerprint density at radius 3 is 2.11 bits per heavy atom. The Morgan fingerprint density at radius 2 is 1.56 bits per heavy atom. The lowest BCUT2D eigenvalue weighted by Gasteiger charge is -2.55. The maximum atomic E-state index is 5.87. The Labute approximate surface area is 110 Å². The Bertz CT molecular complexity index is 242. The number of hydrogen-bond donors (Lipinski definition) is 0. The fourth-order valence-corrected chi connectivity index (χ4v) is 4.66. The van der Waals surface area contributed by atoms with Gasteiger partial charge in [-0.05, 0) is 69.6 Å². The van der Waals surface area contributed by atoms with Crippen LogP contribution in [-0.2, 0) is 14.5 Å². The molecule has 0 unspecified atom stereocenters. The first-order valence-corrected chi connectivity index (χ1v) is 7.68. The zero-order valence-corrected chi connectivity index (χ0v) is 11.5. The highest BCUT2D eigenvalue weighted by Gasteiger charge is 2.52. The molecule has 0 aromatic carbocycles. The topological polar surface area (TPSA) is 27.7 Å². The zero-order valence-electron chi connectivity index (χ0n) is 11.5. The van der Waals surface area contributed by atoms with Crippen LogP contribution in [-0.4, -0.2) is 25.4 Å². The van der Waals surface area contributed by atoms with E-state index in [4.69, 9.17) is 14.5 Å². The Morgan fingerprint density at radius 1 is 0.944 bits per heavy atom. The molecule has 4 saturated carbocycles. The van der Waals surface area contributed by atoms with Crippen molar-refractivity contribution >= 4 is 0 Å². The van der Waals surface area contributed by atoms with Gasteiger partial charge in [-0.1, -0.05) is 0 Å². The van der Waals surface area contributed by atoms with E-state index in [1.165, 1.54) is 38.5 Å². The van der Waals surface area contributed by atoms with E-state index in [2.05, 4.69) is 0 Å². The minimum Gasteiger partial charge on any atom is -0.382 e. The molecule has 4 aliphatic rings. The van der Waals surface area contributed by atoms with Crippen molar-refractivity contribution in [2.24, 2.45) is 17.8 Å². The number of rotatable bonds is 7. The zero-order chi connectivity index (χ0) is 12.4. The minimum atomic E-state index is 0.0837. The van der Waals surface area contributed by atoms with Gasteiger partial charge in [0.2, 0.25) is 0 Å². The second-order valence-corrected chi connectivity index (χ2v) is 6.56. The highest BCUT2D eigenvalue weighted by Crippen LogP contribution is 2.57. The normalized spacial score (nSPS) is 41.5. The summed E-state index contributed by atoms with van der Waals surface area (Å²) >= 11 is 0. The lowest BCUT2D eigenvalue weighted by Crippen LogP contribution is -2.52. The van der Waals surface area contributed by atoms with Crippen LogP contribution in [0, 0.1) is 17.8 Å². The molecular formula is C15H26O3. The number of ether oxygens (including phenoxy) is 1. The molecule has 0 aromatic heterocycles. The van der Waals surface area contributed by atoms with Crippen LogP contribution in [0.3, 0.4) is 0 Å². The predicted octanol–water partition coefficient (Wildman–Crippen LogP) is 3.33. The molecule has 0 N–H and O–H groups in total. The Balaban J connectivity index is 1.42. The van der Waals surface area contributed by atoms with Gasteiger partial charge in [0.05, 0.1) is 6.61 Å². The molecule has 4 aliphatic carbocycles. The van der Waals surface area contributed by atoms with Crippen molar-refractivity contribution in [3.63, 3.8) is 0 Å². The molecular weight excluding hydrogens is 228 g/mol. The van der Waals surface area contributed by atoms with Crippen molar-refractivity contribution in [3.8, 4) is 0 Å². The second-order valence-electron chi connectivity index (χ2n) is 6.56. The maximum absolute atomic E-state index is 5.87. The monoisotopic (exact) mass is 254 g/mol. The molecule has 3 nitrogen and oxygen atoms in total. The van der Waals surface area contributed by atoms with Gasteiger partial charge in [-0.3, -0.25) is 0 Å². The van der Waals surface area contributed by atoms with Crippen molar-refractivity contribution in [3.05, 3.63) is 0 Å².